The van der Waals surface area contributed by atoms with Crippen molar-refractivity contribution >= 4 is 29.1 Å². The average molecular weight is 367 g/mol. The number of hydrogen-bond acceptors (Lipinski definition) is 4. The fourth-order valence-electron chi connectivity index (χ4n) is 3.51. The van der Waals surface area contributed by atoms with Crippen LogP contribution in [0.3, 0.4) is 0 Å². The molecule has 1 aromatic heterocycles. The summed E-state index contributed by atoms with van der Waals surface area (Å²) in [5.74, 6) is 2.29. The van der Waals surface area contributed by atoms with Crippen molar-refractivity contribution in [2.45, 2.75) is 44.5 Å². The van der Waals surface area contributed by atoms with E-state index in [2.05, 4.69) is 57.2 Å². The fourth-order valence-corrected chi connectivity index (χ4v) is 5.58. The summed E-state index contributed by atoms with van der Waals surface area (Å²) in [6.07, 6.45) is 2.44. The summed E-state index contributed by atoms with van der Waals surface area (Å²) in [5.41, 5.74) is 1.53. The Balaban J connectivity index is 1.50. The molecule has 3 rings (SSSR count). The van der Waals surface area contributed by atoms with Gasteiger partial charge in [0, 0.05) is 61.7 Å². The highest BCUT2D eigenvalue weighted by Gasteiger charge is 2.24. The lowest BCUT2D eigenvalue weighted by Gasteiger charge is -2.36. The molecule has 0 saturated carbocycles. The first-order valence-electron chi connectivity index (χ1n) is 9.07. The lowest BCUT2D eigenvalue weighted by atomic mass is 10.1. The van der Waals surface area contributed by atoms with Gasteiger partial charge in [0.15, 0.2) is 5.96 Å². The smallest absolute Gasteiger partial charge is 0.193 e. The lowest BCUT2D eigenvalue weighted by Crippen LogP contribution is -2.51. The SMILES string of the molecule is CCC1CN(C(=NC)NCC(C)N2CCc3sccc3C2)CCS1. The Morgan fingerprint density at radius 2 is 2.33 bits per heavy atom. The zero-order valence-corrected chi connectivity index (χ0v) is 16.8. The predicted molar refractivity (Wildman–Crippen MR) is 107 cm³/mol. The molecule has 1 N–H and O–H groups in total. The molecule has 134 valence electrons. The number of thioether (sulfide) groups is 1. The van der Waals surface area contributed by atoms with E-state index in [0.29, 0.717) is 6.04 Å². The molecule has 0 amide bonds. The Morgan fingerprint density at radius 3 is 3.12 bits per heavy atom. The van der Waals surface area contributed by atoms with Crippen LogP contribution in [0.2, 0.25) is 0 Å². The summed E-state index contributed by atoms with van der Waals surface area (Å²) in [4.78, 5) is 11.1. The van der Waals surface area contributed by atoms with E-state index in [9.17, 15) is 0 Å². The third-order valence-corrected chi connectivity index (χ3v) is 7.52. The normalized spacial score (nSPS) is 23.9. The summed E-state index contributed by atoms with van der Waals surface area (Å²) in [7, 11) is 1.91. The molecule has 24 heavy (non-hydrogen) atoms. The lowest BCUT2D eigenvalue weighted by molar-refractivity contribution is 0.191. The Hall–Kier alpha value is -0.720. The zero-order chi connectivity index (χ0) is 16.9. The van der Waals surface area contributed by atoms with E-state index in [1.54, 1.807) is 4.88 Å². The van der Waals surface area contributed by atoms with Crippen LogP contribution < -0.4 is 5.32 Å². The molecule has 1 saturated heterocycles. The van der Waals surface area contributed by atoms with Gasteiger partial charge in [-0.1, -0.05) is 6.92 Å². The van der Waals surface area contributed by atoms with Gasteiger partial charge in [0.05, 0.1) is 0 Å². The maximum atomic E-state index is 4.53. The quantitative estimate of drug-likeness (QED) is 0.656. The monoisotopic (exact) mass is 366 g/mol. The maximum absolute atomic E-state index is 4.53. The molecule has 0 aliphatic carbocycles. The van der Waals surface area contributed by atoms with Gasteiger partial charge in [-0.05, 0) is 36.8 Å². The molecule has 0 spiro atoms. The van der Waals surface area contributed by atoms with E-state index in [4.69, 9.17) is 0 Å². The minimum Gasteiger partial charge on any atom is -0.355 e. The summed E-state index contributed by atoms with van der Waals surface area (Å²) >= 11 is 4.02. The van der Waals surface area contributed by atoms with Crippen LogP contribution in [-0.2, 0) is 13.0 Å². The van der Waals surface area contributed by atoms with E-state index in [-0.39, 0.29) is 0 Å². The second-order valence-corrected chi connectivity index (χ2v) is 9.12. The summed E-state index contributed by atoms with van der Waals surface area (Å²) in [6, 6.07) is 2.82. The minimum atomic E-state index is 0.524. The van der Waals surface area contributed by atoms with Crippen molar-refractivity contribution in [2.75, 3.05) is 39.0 Å². The number of aliphatic imine (C=N–C) groups is 1. The standard InChI is InChI=1S/C18H30N4S2/c1-4-16-13-22(8-10-23-16)18(19-3)20-11-14(2)21-7-5-17-15(12-21)6-9-24-17/h6,9,14,16H,4-5,7-8,10-13H2,1-3H3,(H,19,20). The van der Waals surface area contributed by atoms with Gasteiger partial charge in [-0.2, -0.15) is 11.8 Å². The number of nitrogens with zero attached hydrogens (tertiary/aromatic N) is 3. The van der Waals surface area contributed by atoms with Crippen LogP contribution in [0.4, 0.5) is 0 Å². The van der Waals surface area contributed by atoms with Crippen molar-refractivity contribution in [3.63, 3.8) is 0 Å². The van der Waals surface area contributed by atoms with Crippen LogP contribution in [0, 0.1) is 0 Å². The molecule has 1 aromatic rings. The van der Waals surface area contributed by atoms with Crippen LogP contribution >= 0.6 is 23.1 Å². The number of rotatable bonds is 4. The molecular formula is C18H30N4S2. The van der Waals surface area contributed by atoms with Crippen LogP contribution in [-0.4, -0.2) is 66.0 Å². The average Bonchev–Trinajstić information content (AvgIpc) is 3.10. The van der Waals surface area contributed by atoms with Crippen LogP contribution in [0.25, 0.3) is 0 Å². The first-order valence-corrected chi connectivity index (χ1v) is 11.0. The van der Waals surface area contributed by atoms with Crippen molar-refractivity contribution in [1.29, 1.82) is 0 Å². The van der Waals surface area contributed by atoms with Gasteiger partial charge in [-0.25, -0.2) is 0 Å². The van der Waals surface area contributed by atoms with Gasteiger partial charge in [0.25, 0.3) is 0 Å². The number of hydrogen-bond donors (Lipinski definition) is 1. The van der Waals surface area contributed by atoms with E-state index in [0.717, 1.165) is 37.4 Å². The molecule has 0 aromatic carbocycles. The molecule has 6 heteroatoms. The van der Waals surface area contributed by atoms with Gasteiger partial charge in [0.2, 0.25) is 0 Å². The third kappa shape index (κ3) is 4.27. The second kappa shape index (κ2) is 8.59. The number of guanidine groups is 1. The summed E-state index contributed by atoms with van der Waals surface area (Å²) < 4.78 is 0. The van der Waals surface area contributed by atoms with Crippen LogP contribution in [0.15, 0.2) is 16.4 Å². The zero-order valence-electron chi connectivity index (χ0n) is 15.1. The molecule has 1 fully saturated rings. The van der Waals surface area contributed by atoms with Crippen molar-refractivity contribution < 1.29 is 0 Å². The van der Waals surface area contributed by atoms with Gasteiger partial charge in [-0.15, -0.1) is 11.3 Å². The van der Waals surface area contributed by atoms with Gasteiger partial charge >= 0.3 is 0 Å². The van der Waals surface area contributed by atoms with Crippen LogP contribution in [0.5, 0.6) is 0 Å². The van der Waals surface area contributed by atoms with Gasteiger partial charge < -0.3 is 10.2 Å². The first kappa shape index (κ1) is 18.1. The van der Waals surface area contributed by atoms with Crippen molar-refractivity contribution in [3.8, 4) is 0 Å². The topological polar surface area (TPSA) is 30.9 Å². The number of nitrogens with one attached hydrogen (secondary N) is 1. The van der Waals surface area contributed by atoms with E-state index in [1.165, 1.54) is 30.7 Å². The van der Waals surface area contributed by atoms with Crippen LogP contribution in [0.1, 0.15) is 30.7 Å². The van der Waals surface area contributed by atoms with E-state index < -0.39 is 0 Å². The van der Waals surface area contributed by atoms with Crippen molar-refractivity contribution in [1.82, 2.24) is 15.1 Å². The molecule has 0 radical (unpaired) electrons. The highest BCUT2D eigenvalue weighted by Crippen LogP contribution is 2.25. The molecule has 4 nitrogen and oxygen atoms in total. The Kier molecular flexibility index (Phi) is 6.47. The molecule has 2 aliphatic heterocycles. The second-order valence-electron chi connectivity index (χ2n) is 6.71. The highest BCUT2D eigenvalue weighted by atomic mass is 32.2. The summed E-state index contributed by atoms with van der Waals surface area (Å²) in [6.45, 7) is 10.1. The molecule has 2 unspecified atom stereocenters. The van der Waals surface area contributed by atoms with Crippen molar-refractivity contribution in [2.24, 2.45) is 4.99 Å². The van der Waals surface area contributed by atoms with E-state index in [1.807, 2.05) is 18.4 Å². The number of fused-ring (bicyclic) bond motifs is 1. The predicted octanol–water partition coefficient (Wildman–Crippen LogP) is 2.90. The minimum absolute atomic E-state index is 0.524. The highest BCUT2D eigenvalue weighted by molar-refractivity contribution is 8.00. The molecule has 2 aliphatic rings. The molecule has 2 atom stereocenters. The molecular weight excluding hydrogens is 336 g/mol. The molecule has 3 heterocycles. The van der Waals surface area contributed by atoms with E-state index >= 15 is 0 Å². The fraction of sp³-hybridized carbons (Fsp3) is 0.722. The third-order valence-electron chi connectivity index (χ3n) is 5.12. The summed E-state index contributed by atoms with van der Waals surface area (Å²) in [5, 5.41) is 6.60. The first-order chi connectivity index (χ1) is 11.7. The number of thiophene rings is 1. The van der Waals surface area contributed by atoms with Crippen molar-refractivity contribution in [3.05, 3.63) is 21.9 Å². The molecule has 0 bridgehead atoms. The Morgan fingerprint density at radius 1 is 1.46 bits per heavy atom. The maximum Gasteiger partial charge on any atom is 0.193 e. The van der Waals surface area contributed by atoms with Gasteiger partial charge in [0.1, 0.15) is 0 Å². The largest absolute Gasteiger partial charge is 0.355 e. The Labute approximate surface area is 154 Å². The van der Waals surface area contributed by atoms with Gasteiger partial charge in [-0.3, -0.25) is 9.89 Å². The Bertz CT molecular complexity index is 557.